The molecule has 3 heterocycles. The summed E-state index contributed by atoms with van der Waals surface area (Å²) < 4.78 is 34.6. The SMILES string of the molecule is CC1CCCN(S(=O)(=O)c2ccc(Sc3nnnn3CC3CCCO3)c([N+](=O)[O-])c2)C1. The van der Waals surface area contributed by atoms with Crippen LogP contribution in [0.5, 0.6) is 0 Å². The number of nitrogens with zero attached hydrogens (tertiary/aromatic N) is 6. The van der Waals surface area contributed by atoms with Crippen LogP contribution in [0.1, 0.15) is 32.6 Å². The fourth-order valence-electron chi connectivity index (χ4n) is 3.86. The van der Waals surface area contributed by atoms with Gasteiger partial charge in [-0.3, -0.25) is 10.1 Å². The Balaban J connectivity index is 1.59. The molecule has 2 fully saturated rings. The first kappa shape index (κ1) is 22.1. The lowest BCUT2D eigenvalue weighted by Crippen LogP contribution is -2.39. The standard InChI is InChI=1S/C18H24N6O5S2/c1-13-4-2-8-22(11-13)31(27,28)15-6-7-17(16(10-15)24(25)26)30-18-19-20-21-23(18)12-14-5-3-9-29-14/h6-7,10,13-14H,2-5,8-9,11-12H2,1H3. The maximum Gasteiger partial charge on any atom is 0.284 e. The number of aromatic nitrogens is 4. The summed E-state index contributed by atoms with van der Waals surface area (Å²) in [5.74, 6) is 0.260. The number of nitro groups is 1. The first-order valence-corrected chi connectivity index (χ1v) is 12.4. The van der Waals surface area contributed by atoms with Crippen LogP contribution >= 0.6 is 11.8 Å². The molecule has 1 aromatic heterocycles. The molecule has 4 rings (SSSR count). The van der Waals surface area contributed by atoms with E-state index in [1.807, 2.05) is 6.92 Å². The van der Waals surface area contributed by atoms with Gasteiger partial charge in [-0.2, -0.15) is 4.31 Å². The zero-order chi connectivity index (χ0) is 22.0. The Morgan fingerprint density at radius 1 is 1.32 bits per heavy atom. The van der Waals surface area contributed by atoms with Crippen molar-refractivity contribution < 1.29 is 18.1 Å². The third-order valence-electron chi connectivity index (χ3n) is 5.49. The minimum absolute atomic E-state index is 0.0114. The number of piperidine rings is 1. The van der Waals surface area contributed by atoms with Crippen LogP contribution in [0.3, 0.4) is 0 Å². The van der Waals surface area contributed by atoms with Crippen molar-refractivity contribution in [2.45, 2.75) is 60.2 Å². The Morgan fingerprint density at radius 3 is 2.87 bits per heavy atom. The second kappa shape index (κ2) is 9.18. The van der Waals surface area contributed by atoms with Gasteiger partial charge in [-0.25, -0.2) is 13.1 Å². The Kier molecular flexibility index (Phi) is 6.55. The quantitative estimate of drug-likeness (QED) is 0.443. The molecule has 2 aliphatic rings. The van der Waals surface area contributed by atoms with Crippen molar-refractivity contribution in [1.82, 2.24) is 24.5 Å². The number of nitro benzene ring substituents is 1. The van der Waals surface area contributed by atoms with Crippen molar-refractivity contribution in [2.75, 3.05) is 19.7 Å². The highest BCUT2D eigenvalue weighted by Gasteiger charge is 2.31. The Morgan fingerprint density at radius 2 is 2.16 bits per heavy atom. The van der Waals surface area contributed by atoms with Crippen LogP contribution < -0.4 is 0 Å². The van der Waals surface area contributed by atoms with Crippen molar-refractivity contribution in [1.29, 1.82) is 0 Å². The predicted molar refractivity (Wildman–Crippen MR) is 111 cm³/mol. The van der Waals surface area contributed by atoms with E-state index in [-0.39, 0.29) is 27.5 Å². The van der Waals surface area contributed by atoms with E-state index < -0.39 is 14.9 Å². The van der Waals surface area contributed by atoms with Gasteiger partial charge in [-0.1, -0.05) is 6.92 Å². The van der Waals surface area contributed by atoms with E-state index in [1.54, 1.807) is 4.68 Å². The first-order chi connectivity index (χ1) is 14.8. The monoisotopic (exact) mass is 468 g/mol. The summed E-state index contributed by atoms with van der Waals surface area (Å²) in [6, 6.07) is 4.00. The maximum atomic E-state index is 13.0. The summed E-state index contributed by atoms with van der Waals surface area (Å²) in [7, 11) is -3.80. The molecule has 0 radical (unpaired) electrons. The second-order valence-corrected chi connectivity index (χ2v) is 10.8. The van der Waals surface area contributed by atoms with Gasteiger partial charge in [0, 0.05) is 25.8 Å². The van der Waals surface area contributed by atoms with Crippen molar-refractivity contribution in [3.63, 3.8) is 0 Å². The second-order valence-electron chi connectivity index (χ2n) is 7.88. The van der Waals surface area contributed by atoms with Crippen LogP contribution in [0, 0.1) is 16.0 Å². The number of benzene rings is 1. The van der Waals surface area contributed by atoms with Crippen LogP contribution in [-0.2, 0) is 21.3 Å². The lowest BCUT2D eigenvalue weighted by Gasteiger charge is -2.30. The third kappa shape index (κ3) is 4.89. The highest BCUT2D eigenvalue weighted by Crippen LogP contribution is 2.36. The van der Waals surface area contributed by atoms with E-state index in [1.165, 1.54) is 16.4 Å². The molecule has 0 aliphatic carbocycles. The van der Waals surface area contributed by atoms with E-state index in [4.69, 9.17) is 4.74 Å². The van der Waals surface area contributed by atoms with Gasteiger partial charge in [-0.15, -0.1) is 5.10 Å². The van der Waals surface area contributed by atoms with Gasteiger partial charge in [0.25, 0.3) is 5.69 Å². The number of tetrazole rings is 1. The van der Waals surface area contributed by atoms with Crippen molar-refractivity contribution in [3.8, 4) is 0 Å². The van der Waals surface area contributed by atoms with E-state index >= 15 is 0 Å². The smallest absolute Gasteiger partial charge is 0.284 e. The predicted octanol–water partition coefficient (Wildman–Crippen LogP) is 2.33. The average Bonchev–Trinajstić information content (AvgIpc) is 3.41. The summed E-state index contributed by atoms with van der Waals surface area (Å²) in [6.07, 6.45) is 3.65. The summed E-state index contributed by atoms with van der Waals surface area (Å²) in [5, 5.41) is 23.7. The molecule has 2 unspecified atom stereocenters. The average molecular weight is 469 g/mol. The van der Waals surface area contributed by atoms with Gasteiger partial charge in [0.2, 0.25) is 15.2 Å². The first-order valence-electron chi connectivity index (χ1n) is 10.2. The number of hydrogen-bond acceptors (Lipinski definition) is 9. The zero-order valence-corrected chi connectivity index (χ0v) is 18.7. The van der Waals surface area contributed by atoms with Crippen molar-refractivity contribution in [3.05, 3.63) is 28.3 Å². The summed E-state index contributed by atoms with van der Waals surface area (Å²) in [5.41, 5.74) is -0.289. The molecule has 1 aromatic carbocycles. The molecule has 0 N–H and O–H groups in total. The number of hydrogen-bond donors (Lipinski definition) is 0. The van der Waals surface area contributed by atoms with E-state index in [0.717, 1.165) is 43.5 Å². The molecule has 2 atom stereocenters. The van der Waals surface area contributed by atoms with Crippen LogP contribution in [0.15, 0.2) is 33.1 Å². The normalized spacial score (nSPS) is 22.6. The van der Waals surface area contributed by atoms with Crippen LogP contribution in [0.4, 0.5) is 5.69 Å². The fraction of sp³-hybridized carbons (Fsp3) is 0.611. The highest BCUT2D eigenvalue weighted by atomic mass is 32.2. The van der Waals surface area contributed by atoms with Crippen LogP contribution in [-0.4, -0.2) is 63.7 Å². The Hall–Kier alpha value is -2.09. The van der Waals surface area contributed by atoms with Gasteiger partial charge in [0.15, 0.2) is 0 Å². The third-order valence-corrected chi connectivity index (χ3v) is 8.39. The van der Waals surface area contributed by atoms with E-state index in [2.05, 4.69) is 15.5 Å². The molecule has 0 amide bonds. The van der Waals surface area contributed by atoms with E-state index in [9.17, 15) is 18.5 Å². The Labute approximate surface area is 184 Å². The topological polar surface area (TPSA) is 133 Å². The summed E-state index contributed by atoms with van der Waals surface area (Å²) in [6.45, 7) is 4.01. The van der Waals surface area contributed by atoms with Gasteiger partial charge >= 0.3 is 0 Å². The van der Waals surface area contributed by atoms with Gasteiger partial charge in [0.1, 0.15) is 0 Å². The molecule has 13 heteroatoms. The molecule has 168 valence electrons. The molecular formula is C18H24N6O5S2. The van der Waals surface area contributed by atoms with Crippen LogP contribution in [0.2, 0.25) is 0 Å². The molecule has 31 heavy (non-hydrogen) atoms. The minimum Gasteiger partial charge on any atom is -0.376 e. The Bertz CT molecular complexity index is 1050. The van der Waals surface area contributed by atoms with Crippen molar-refractivity contribution >= 4 is 27.5 Å². The molecule has 11 nitrogen and oxygen atoms in total. The van der Waals surface area contributed by atoms with Gasteiger partial charge in [0.05, 0.1) is 27.4 Å². The lowest BCUT2D eigenvalue weighted by molar-refractivity contribution is -0.388. The van der Waals surface area contributed by atoms with E-state index in [0.29, 0.717) is 31.4 Å². The largest absolute Gasteiger partial charge is 0.376 e. The molecule has 0 bridgehead atoms. The van der Waals surface area contributed by atoms with Crippen molar-refractivity contribution in [2.24, 2.45) is 5.92 Å². The highest BCUT2D eigenvalue weighted by molar-refractivity contribution is 7.99. The molecular weight excluding hydrogens is 444 g/mol. The molecule has 2 aliphatic heterocycles. The molecule has 2 aromatic rings. The maximum absolute atomic E-state index is 13.0. The number of rotatable bonds is 7. The van der Waals surface area contributed by atoms with Gasteiger partial charge < -0.3 is 4.74 Å². The zero-order valence-electron chi connectivity index (χ0n) is 17.1. The molecule has 0 saturated carbocycles. The number of sulfonamides is 1. The lowest BCUT2D eigenvalue weighted by atomic mass is 10.0. The molecule has 2 saturated heterocycles. The summed E-state index contributed by atoms with van der Waals surface area (Å²) >= 11 is 1.04. The fourth-order valence-corrected chi connectivity index (χ4v) is 6.35. The van der Waals surface area contributed by atoms with Crippen LogP contribution in [0.25, 0.3) is 0 Å². The number of ether oxygens (including phenoxy) is 1. The minimum atomic E-state index is -3.80. The summed E-state index contributed by atoms with van der Waals surface area (Å²) in [4.78, 5) is 11.4. The van der Waals surface area contributed by atoms with Gasteiger partial charge in [-0.05, 0) is 65.9 Å². The molecule has 0 spiro atoms.